The molecule has 1 aliphatic heterocycles. The molecule has 0 unspecified atom stereocenters. The monoisotopic (exact) mass is 466 g/mol. The number of anilines is 2. The van der Waals surface area contributed by atoms with Crippen molar-refractivity contribution in [3.05, 3.63) is 60.6 Å². The van der Waals surface area contributed by atoms with E-state index in [0.717, 1.165) is 12.0 Å². The highest BCUT2D eigenvalue weighted by Gasteiger charge is 2.30. The van der Waals surface area contributed by atoms with Gasteiger partial charge in [0.25, 0.3) is 11.8 Å². The minimum atomic E-state index is -0.264. The summed E-state index contributed by atoms with van der Waals surface area (Å²) in [7, 11) is 0. The van der Waals surface area contributed by atoms with Crippen LogP contribution in [-0.2, 0) is 4.79 Å². The molecule has 1 atom stereocenters. The Hall–Kier alpha value is -4.78. The summed E-state index contributed by atoms with van der Waals surface area (Å²) in [6, 6.07) is 12.3. The third-order valence-corrected chi connectivity index (χ3v) is 5.87. The van der Waals surface area contributed by atoms with Crippen LogP contribution in [0.5, 0.6) is 0 Å². The highest BCUT2D eigenvalue weighted by molar-refractivity contribution is 6.04. The molecule has 0 aliphatic carbocycles. The van der Waals surface area contributed by atoms with Gasteiger partial charge < -0.3 is 16.0 Å². The number of nitrogens with two attached hydrogens (primary N) is 1. The smallest absolute Gasteiger partial charge is 0.298 e. The Morgan fingerprint density at radius 3 is 2.69 bits per heavy atom. The quantitative estimate of drug-likeness (QED) is 0.442. The van der Waals surface area contributed by atoms with Gasteiger partial charge in [0.2, 0.25) is 0 Å². The molecule has 1 aromatic carbocycles. The van der Waals surface area contributed by atoms with Crippen LogP contribution in [0.2, 0.25) is 0 Å². The largest absolute Gasteiger partial charge is 0.383 e. The molecule has 4 aromatic rings. The number of nitrogens with one attached hydrogen (secondary N) is 1. The van der Waals surface area contributed by atoms with Gasteiger partial charge >= 0.3 is 0 Å². The van der Waals surface area contributed by atoms with Crippen LogP contribution in [0.3, 0.4) is 0 Å². The molecule has 3 aromatic heterocycles. The van der Waals surface area contributed by atoms with Gasteiger partial charge in [-0.15, -0.1) is 0 Å². The molecule has 4 heterocycles. The van der Waals surface area contributed by atoms with Crippen LogP contribution in [0.15, 0.2) is 55.0 Å². The second-order valence-electron chi connectivity index (χ2n) is 8.07. The first kappa shape index (κ1) is 22.0. The molecule has 2 amide bonds. The molecule has 35 heavy (non-hydrogen) atoms. The van der Waals surface area contributed by atoms with Crippen molar-refractivity contribution in [2.75, 3.05) is 24.1 Å². The van der Waals surface area contributed by atoms with E-state index < -0.39 is 0 Å². The van der Waals surface area contributed by atoms with Crippen molar-refractivity contribution in [3.8, 4) is 23.1 Å². The number of nitrogens with zero attached hydrogens (tertiary/aromatic N) is 6. The zero-order valence-electron chi connectivity index (χ0n) is 19.0. The number of fused-ring (bicyclic) bond motifs is 1. The lowest BCUT2D eigenvalue weighted by Crippen LogP contribution is -2.28. The number of pyridine rings is 1. The van der Waals surface area contributed by atoms with Crippen molar-refractivity contribution in [2.24, 2.45) is 0 Å². The van der Waals surface area contributed by atoms with Gasteiger partial charge in [-0.2, -0.15) is 5.10 Å². The van der Waals surface area contributed by atoms with E-state index in [1.165, 1.54) is 6.33 Å². The van der Waals surface area contributed by atoms with E-state index in [1.54, 1.807) is 48.4 Å². The van der Waals surface area contributed by atoms with Gasteiger partial charge in [0.05, 0.1) is 11.4 Å². The Kier molecular flexibility index (Phi) is 5.81. The zero-order chi connectivity index (χ0) is 24.4. The van der Waals surface area contributed by atoms with Gasteiger partial charge in [-0.1, -0.05) is 24.1 Å². The maximum atomic E-state index is 12.6. The van der Waals surface area contributed by atoms with Crippen molar-refractivity contribution in [2.45, 2.75) is 19.4 Å². The van der Waals surface area contributed by atoms with Crippen LogP contribution in [0.4, 0.5) is 11.6 Å². The Balaban J connectivity index is 1.45. The van der Waals surface area contributed by atoms with E-state index in [4.69, 9.17) is 10.8 Å². The first-order valence-corrected chi connectivity index (χ1v) is 11.1. The number of nitrogen functional groups attached to an aromatic ring is 1. The highest BCUT2D eigenvalue weighted by atomic mass is 16.2. The molecule has 0 bridgehead atoms. The molecular weight excluding hydrogens is 444 g/mol. The molecule has 0 radical (unpaired) electrons. The maximum absolute atomic E-state index is 12.6. The molecule has 3 N–H and O–H groups in total. The van der Waals surface area contributed by atoms with Gasteiger partial charge in [-0.25, -0.2) is 19.6 Å². The normalized spacial score (nSPS) is 15.0. The van der Waals surface area contributed by atoms with Gasteiger partial charge in [-0.3, -0.25) is 9.59 Å². The highest BCUT2D eigenvalue weighted by Crippen LogP contribution is 2.34. The number of aromatic nitrogens is 5. The fourth-order valence-electron chi connectivity index (χ4n) is 4.17. The van der Waals surface area contributed by atoms with Crippen LogP contribution >= 0.6 is 0 Å². The fraction of sp³-hybridized carbons (Fsp3) is 0.200. The second kappa shape index (κ2) is 9.23. The van der Waals surface area contributed by atoms with Crippen LogP contribution in [-0.4, -0.2) is 54.5 Å². The van der Waals surface area contributed by atoms with Crippen molar-refractivity contribution < 1.29 is 9.59 Å². The zero-order valence-corrected chi connectivity index (χ0v) is 19.0. The van der Waals surface area contributed by atoms with Crippen molar-refractivity contribution >= 4 is 34.5 Å². The van der Waals surface area contributed by atoms with E-state index in [2.05, 4.69) is 32.1 Å². The standard InChI is InChI=1S/C25H22N8O2/c1-2-5-20(34)32-13-11-18(14-32)33-24-21(23(26)28-15-29-24)22(31-33)16-7-9-17(10-8-16)25(35)30-19-6-3-4-12-27-19/h3-4,6-10,12,15,18H,11,13-14H2,1H3,(H2,26,28,29)(H,27,30,35)/t18-/m1/s1. The predicted molar refractivity (Wildman–Crippen MR) is 131 cm³/mol. The van der Waals surface area contributed by atoms with Gasteiger partial charge in [-0.05, 0) is 43.5 Å². The molecular formula is C25H22N8O2. The topological polar surface area (TPSA) is 132 Å². The minimum Gasteiger partial charge on any atom is -0.383 e. The number of hydrogen-bond acceptors (Lipinski definition) is 7. The Morgan fingerprint density at radius 2 is 1.94 bits per heavy atom. The molecule has 1 fully saturated rings. The van der Waals surface area contributed by atoms with E-state index in [0.29, 0.717) is 47.0 Å². The van der Waals surface area contributed by atoms with E-state index >= 15 is 0 Å². The van der Waals surface area contributed by atoms with Crippen LogP contribution in [0, 0.1) is 11.8 Å². The molecule has 1 saturated heterocycles. The number of amides is 2. The Morgan fingerprint density at radius 1 is 1.11 bits per heavy atom. The summed E-state index contributed by atoms with van der Waals surface area (Å²) in [4.78, 5) is 39.2. The summed E-state index contributed by atoms with van der Waals surface area (Å²) in [5, 5.41) is 8.24. The number of likely N-dealkylation sites (tertiary alicyclic amines) is 1. The van der Waals surface area contributed by atoms with Crippen molar-refractivity contribution in [1.29, 1.82) is 0 Å². The average Bonchev–Trinajstić information content (AvgIpc) is 3.51. The van der Waals surface area contributed by atoms with Gasteiger partial charge in [0.15, 0.2) is 5.65 Å². The lowest BCUT2D eigenvalue weighted by molar-refractivity contribution is -0.124. The summed E-state index contributed by atoms with van der Waals surface area (Å²) in [5.41, 5.74) is 8.70. The van der Waals surface area contributed by atoms with Crippen molar-refractivity contribution in [1.82, 2.24) is 29.6 Å². The molecule has 1 aliphatic rings. The lowest BCUT2D eigenvalue weighted by Gasteiger charge is -2.14. The summed E-state index contributed by atoms with van der Waals surface area (Å²) >= 11 is 0. The third-order valence-electron chi connectivity index (χ3n) is 5.87. The SMILES string of the molecule is CC#CC(=O)N1CC[C@@H](n2nc(-c3ccc(C(=O)Nc4ccccn4)cc3)c3c(N)ncnc32)C1. The van der Waals surface area contributed by atoms with Gasteiger partial charge in [0.1, 0.15) is 23.7 Å². The number of rotatable bonds is 4. The first-order valence-electron chi connectivity index (χ1n) is 11.1. The van der Waals surface area contributed by atoms with Gasteiger partial charge in [0, 0.05) is 30.4 Å². The average molecular weight is 467 g/mol. The molecule has 10 heteroatoms. The minimum absolute atomic E-state index is 0.0634. The Bertz CT molecular complexity index is 1470. The first-order chi connectivity index (χ1) is 17.0. The summed E-state index contributed by atoms with van der Waals surface area (Å²) in [6.45, 7) is 2.72. The van der Waals surface area contributed by atoms with E-state index in [-0.39, 0.29) is 17.9 Å². The number of carbonyl (C=O) groups is 2. The molecule has 10 nitrogen and oxygen atoms in total. The summed E-state index contributed by atoms with van der Waals surface area (Å²) in [6.07, 6.45) is 3.75. The molecule has 5 rings (SSSR count). The van der Waals surface area contributed by atoms with E-state index in [1.807, 2.05) is 16.8 Å². The van der Waals surface area contributed by atoms with Crippen molar-refractivity contribution in [3.63, 3.8) is 0 Å². The molecule has 0 spiro atoms. The number of benzene rings is 1. The predicted octanol–water partition coefficient (Wildman–Crippen LogP) is 2.52. The van der Waals surface area contributed by atoms with Crippen LogP contribution in [0.1, 0.15) is 29.7 Å². The second-order valence-corrected chi connectivity index (χ2v) is 8.07. The number of hydrogen-bond donors (Lipinski definition) is 2. The van der Waals surface area contributed by atoms with Crippen LogP contribution < -0.4 is 11.1 Å². The Labute approximate surface area is 201 Å². The maximum Gasteiger partial charge on any atom is 0.298 e. The molecule has 174 valence electrons. The number of carbonyl (C=O) groups excluding carboxylic acids is 2. The molecule has 0 saturated carbocycles. The van der Waals surface area contributed by atoms with E-state index in [9.17, 15) is 9.59 Å². The third kappa shape index (κ3) is 4.27. The van der Waals surface area contributed by atoms with Crippen LogP contribution in [0.25, 0.3) is 22.3 Å². The lowest BCUT2D eigenvalue weighted by atomic mass is 10.1. The fourth-order valence-corrected chi connectivity index (χ4v) is 4.17. The summed E-state index contributed by atoms with van der Waals surface area (Å²) in [5.74, 6) is 5.58. The summed E-state index contributed by atoms with van der Waals surface area (Å²) < 4.78 is 1.82.